The molecule has 0 bridgehead atoms. The lowest BCUT2D eigenvalue weighted by Crippen LogP contribution is -2.52. The fourth-order valence-corrected chi connectivity index (χ4v) is 2.93. The fraction of sp³-hybridized carbons (Fsp3) is 0.714. The molecule has 2 aliphatic rings. The van der Waals surface area contributed by atoms with Gasteiger partial charge in [-0.1, -0.05) is 0 Å². The van der Waals surface area contributed by atoms with Crippen molar-refractivity contribution in [3.8, 4) is 0 Å². The normalized spacial score (nSPS) is 20.6. The van der Waals surface area contributed by atoms with Crippen molar-refractivity contribution in [3.63, 3.8) is 0 Å². The predicted molar refractivity (Wildman–Crippen MR) is 74.0 cm³/mol. The summed E-state index contributed by atoms with van der Waals surface area (Å²) >= 11 is 0. The molecule has 6 heteroatoms. The van der Waals surface area contributed by atoms with Gasteiger partial charge >= 0.3 is 0 Å². The second-order valence-corrected chi connectivity index (χ2v) is 5.76. The number of nitrogens with zero attached hydrogens (tertiary/aromatic N) is 4. The summed E-state index contributed by atoms with van der Waals surface area (Å²) in [7, 11) is 0. The van der Waals surface area contributed by atoms with Gasteiger partial charge in [-0.2, -0.15) is 0 Å². The SMILES string of the molecule is CC(C)N1CCN(Cc2cnc3n2CCOC3)CC1=O. The predicted octanol–water partition coefficient (Wildman–Crippen LogP) is 0.466. The van der Waals surface area contributed by atoms with Crippen LogP contribution < -0.4 is 0 Å². The molecule has 0 radical (unpaired) electrons. The van der Waals surface area contributed by atoms with Crippen molar-refractivity contribution in [3.05, 3.63) is 17.7 Å². The molecule has 0 aromatic carbocycles. The first-order chi connectivity index (χ1) is 9.65. The van der Waals surface area contributed by atoms with E-state index in [4.69, 9.17) is 4.74 Å². The Morgan fingerprint density at radius 1 is 1.35 bits per heavy atom. The molecule has 20 heavy (non-hydrogen) atoms. The summed E-state index contributed by atoms with van der Waals surface area (Å²) in [5, 5.41) is 0. The number of imidazole rings is 1. The molecule has 110 valence electrons. The average molecular weight is 278 g/mol. The fourth-order valence-electron chi connectivity index (χ4n) is 2.93. The maximum absolute atomic E-state index is 12.1. The van der Waals surface area contributed by atoms with E-state index in [0.717, 1.165) is 38.6 Å². The minimum Gasteiger partial charge on any atom is -0.372 e. The molecule has 1 fully saturated rings. The number of rotatable bonds is 3. The van der Waals surface area contributed by atoms with E-state index in [2.05, 4.69) is 28.3 Å². The summed E-state index contributed by atoms with van der Waals surface area (Å²) in [5.74, 6) is 1.23. The van der Waals surface area contributed by atoms with E-state index in [1.165, 1.54) is 5.69 Å². The second-order valence-electron chi connectivity index (χ2n) is 5.76. The third kappa shape index (κ3) is 2.58. The third-order valence-corrected chi connectivity index (χ3v) is 4.06. The highest BCUT2D eigenvalue weighted by molar-refractivity contribution is 5.79. The first-order valence-electron chi connectivity index (χ1n) is 7.28. The Bertz CT molecular complexity index is 497. The zero-order valence-corrected chi connectivity index (χ0v) is 12.2. The molecule has 0 N–H and O–H groups in total. The van der Waals surface area contributed by atoms with Crippen molar-refractivity contribution in [1.82, 2.24) is 19.4 Å². The molecule has 1 saturated heterocycles. The van der Waals surface area contributed by atoms with Crippen LogP contribution in [0, 0.1) is 0 Å². The van der Waals surface area contributed by atoms with Crippen LogP contribution in [0.15, 0.2) is 6.20 Å². The van der Waals surface area contributed by atoms with Gasteiger partial charge in [-0.15, -0.1) is 0 Å². The first-order valence-corrected chi connectivity index (χ1v) is 7.28. The Hall–Kier alpha value is -1.40. The van der Waals surface area contributed by atoms with Crippen molar-refractivity contribution in [2.24, 2.45) is 0 Å². The van der Waals surface area contributed by atoms with Gasteiger partial charge in [-0.05, 0) is 13.8 Å². The standard InChI is InChI=1S/C14H22N4O2/c1-11(2)17-4-3-16(9-14(17)19)8-12-7-15-13-10-20-6-5-18(12)13/h7,11H,3-6,8-10H2,1-2H3. The molecule has 0 spiro atoms. The lowest BCUT2D eigenvalue weighted by molar-refractivity contribution is -0.138. The van der Waals surface area contributed by atoms with Gasteiger partial charge in [0.15, 0.2) is 0 Å². The Morgan fingerprint density at radius 2 is 2.20 bits per heavy atom. The second kappa shape index (κ2) is 5.54. The van der Waals surface area contributed by atoms with Crippen molar-refractivity contribution in [2.45, 2.75) is 39.6 Å². The van der Waals surface area contributed by atoms with Crippen molar-refractivity contribution in [2.75, 3.05) is 26.2 Å². The Balaban J connectivity index is 1.65. The molecule has 3 rings (SSSR count). The summed E-state index contributed by atoms with van der Waals surface area (Å²) in [5.41, 5.74) is 1.19. The molecule has 6 nitrogen and oxygen atoms in total. The van der Waals surface area contributed by atoms with E-state index in [1.54, 1.807) is 0 Å². The van der Waals surface area contributed by atoms with Crippen LogP contribution in [0.4, 0.5) is 0 Å². The minimum absolute atomic E-state index is 0.230. The van der Waals surface area contributed by atoms with E-state index < -0.39 is 0 Å². The van der Waals surface area contributed by atoms with Crippen LogP contribution in [0.1, 0.15) is 25.4 Å². The molecular formula is C14H22N4O2. The van der Waals surface area contributed by atoms with E-state index >= 15 is 0 Å². The zero-order chi connectivity index (χ0) is 14.1. The van der Waals surface area contributed by atoms with Gasteiger partial charge in [-0.25, -0.2) is 4.98 Å². The average Bonchev–Trinajstić information content (AvgIpc) is 2.82. The van der Waals surface area contributed by atoms with Gasteiger partial charge in [0.25, 0.3) is 0 Å². The highest BCUT2D eigenvalue weighted by Gasteiger charge is 2.26. The van der Waals surface area contributed by atoms with Crippen LogP contribution in [-0.4, -0.2) is 57.5 Å². The lowest BCUT2D eigenvalue weighted by atomic mass is 10.2. The Morgan fingerprint density at radius 3 is 2.95 bits per heavy atom. The smallest absolute Gasteiger partial charge is 0.237 e. The molecule has 0 unspecified atom stereocenters. The quantitative estimate of drug-likeness (QED) is 0.806. The van der Waals surface area contributed by atoms with Gasteiger partial charge < -0.3 is 14.2 Å². The maximum atomic E-state index is 12.1. The number of aromatic nitrogens is 2. The number of piperazine rings is 1. The number of carbonyl (C=O) groups excluding carboxylic acids is 1. The van der Waals surface area contributed by atoms with Crippen molar-refractivity contribution >= 4 is 5.91 Å². The van der Waals surface area contributed by atoms with Crippen LogP contribution in [0.3, 0.4) is 0 Å². The Labute approximate surface area is 119 Å². The topological polar surface area (TPSA) is 50.6 Å². The summed E-state index contributed by atoms with van der Waals surface area (Å²) in [6, 6.07) is 0.296. The van der Waals surface area contributed by atoms with Crippen molar-refractivity contribution < 1.29 is 9.53 Å². The van der Waals surface area contributed by atoms with E-state index in [0.29, 0.717) is 19.2 Å². The highest BCUT2D eigenvalue weighted by Crippen LogP contribution is 2.15. The van der Waals surface area contributed by atoms with E-state index in [9.17, 15) is 4.79 Å². The van der Waals surface area contributed by atoms with Crippen LogP contribution in [0.5, 0.6) is 0 Å². The lowest BCUT2D eigenvalue weighted by Gasteiger charge is -2.36. The number of hydrogen-bond acceptors (Lipinski definition) is 4. The van der Waals surface area contributed by atoms with Gasteiger partial charge in [0.1, 0.15) is 12.4 Å². The van der Waals surface area contributed by atoms with E-state index in [-0.39, 0.29) is 5.91 Å². The molecule has 1 aromatic heterocycles. The van der Waals surface area contributed by atoms with E-state index in [1.807, 2.05) is 11.1 Å². The number of ether oxygens (including phenoxy) is 1. The molecule has 0 saturated carbocycles. The summed E-state index contributed by atoms with van der Waals surface area (Å²) in [6.45, 7) is 9.41. The summed E-state index contributed by atoms with van der Waals surface area (Å²) in [6.07, 6.45) is 1.92. The summed E-state index contributed by atoms with van der Waals surface area (Å²) in [4.78, 5) is 20.7. The number of carbonyl (C=O) groups is 1. The molecule has 0 atom stereocenters. The molecule has 2 aliphatic heterocycles. The molecular weight excluding hydrogens is 256 g/mol. The van der Waals surface area contributed by atoms with Crippen LogP contribution in [0.25, 0.3) is 0 Å². The number of amides is 1. The molecule has 1 aromatic rings. The largest absolute Gasteiger partial charge is 0.372 e. The molecule has 1 amide bonds. The Kier molecular flexibility index (Phi) is 3.76. The number of fused-ring (bicyclic) bond motifs is 1. The third-order valence-electron chi connectivity index (χ3n) is 4.06. The van der Waals surface area contributed by atoms with Gasteiger partial charge in [-0.3, -0.25) is 9.69 Å². The minimum atomic E-state index is 0.230. The van der Waals surface area contributed by atoms with Gasteiger partial charge in [0.05, 0.1) is 18.8 Å². The van der Waals surface area contributed by atoms with Crippen LogP contribution in [-0.2, 0) is 29.2 Å². The highest BCUT2D eigenvalue weighted by atomic mass is 16.5. The first kappa shape index (κ1) is 13.6. The molecule has 0 aliphatic carbocycles. The molecule has 3 heterocycles. The maximum Gasteiger partial charge on any atom is 0.237 e. The number of hydrogen-bond donors (Lipinski definition) is 0. The van der Waals surface area contributed by atoms with Gasteiger partial charge in [0.2, 0.25) is 5.91 Å². The van der Waals surface area contributed by atoms with Gasteiger partial charge in [0, 0.05) is 38.4 Å². The van der Waals surface area contributed by atoms with Crippen LogP contribution in [0.2, 0.25) is 0 Å². The summed E-state index contributed by atoms with van der Waals surface area (Å²) < 4.78 is 7.62. The zero-order valence-electron chi connectivity index (χ0n) is 12.2. The monoisotopic (exact) mass is 278 g/mol. The van der Waals surface area contributed by atoms with Crippen molar-refractivity contribution in [1.29, 1.82) is 0 Å². The van der Waals surface area contributed by atoms with Crippen LogP contribution >= 0.6 is 0 Å².